The van der Waals surface area contributed by atoms with Crippen molar-refractivity contribution in [3.8, 4) is 0 Å². The molecule has 1 fully saturated rings. The molecule has 1 unspecified atom stereocenters. The van der Waals surface area contributed by atoms with E-state index >= 15 is 0 Å². The molecule has 0 spiro atoms. The van der Waals surface area contributed by atoms with Crippen LogP contribution in [-0.4, -0.2) is 35.3 Å². The van der Waals surface area contributed by atoms with Gasteiger partial charge in [0, 0.05) is 25.5 Å². The smallest absolute Gasteiger partial charge is 0.320 e. The summed E-state index contributed by atoms with van der Waals surface area (Å²) in [5, 5.41) is 5.67. The van der Waals surface area contributed by atoms with Crippen molar-refractivity contribution in [1.82, 2.24) is 15.3 Å². The standard InChI is InChI=1S/C13H20N4O2/c1-9(11-4-7-19-8-5-11)15-13(18)17-12-3-6-14-10(2)16-12/h3,6,9,11H,4-5,7-8H2,1-2H3,(H2,14,15,16,17,18). The number of nitrogens with one attached hydrogen (secondary N) is 2. The zero-order chi connectivity index (χ0) is 13.7. The molecule has 2 N–H and O–H groups in total. The van der Waals surface area contributed by atoms with Crippen LogP contribution in [0, 0.1) is 12.8 Å². The van der Waals surface area contributed by atoms with E-state index < -0.39 is 0 Å². The first-order valence-electron chi connectivity index (χ1n) is 6.60. The highest BCUT2D eigenvalue weighted by atomic mass is 16.5. The second-order valence-electron chi connectivity index (χ2n) is 4.83. The maximum atomic E-state index is 11.9. The summed E-state index contributed by atoms with van der Waals surface area (Å²) >= 11 is 0. The molecule has 2 rings (SSSR count). The van der Waals surface area contributed by atoms with Gasteiger partial charge in [-0.25, -0.2) is 14.8 Å². The second-order valence-corrected chi connectivity index (χ2v) is 4.83. The molecule has 19 heavy (non-hydrogen) atoms. The van der Waals surface area contributed by atoms with Crippen molar-refractivity contribution < 1.29 is 9.53 Å². The van der Waals surface area contributed by atoms with Gasteiger partial charge in [0.15, 0.2) is 0 Å². The van der Waals surface area contributed by atoms with Crippen LogP contribution in [0.25, 0.3) is 0 Å². The topological polar surface area (TPSA) is 76.1 Å². The monoisotopic (exact) mass is 264 g/mol. The van der Waals surface area contributed by atoms with Gasteiger partial charge in [0.25, 0.3) is 0 Å². The van der Waals surface area contributed by atoms with Gasteiger partial charge in [-0.05, 0) is 38.7 Å². The van der Waals surface area contributed by atoms with Crippen LogP contribution in [0.2, 0.25) is 0 Å². The lowest BCUT2D eigenvalue weighted by molar-refractivity contribution is 0.0573. The lowest BCUT2D eigenvalue weighted by atomic mass is 9.93. The normalized spacial score (nSPS) is 17.8. The average Bonchev–Trinajstić information content (AvgIpc) is 2.39. The number of anilines is 1. The molecule has 6 nitrogen and oxygen atoms in total. The van der Waals surface area contributed by atoms with Crippen LogP contribution in [0.15, 0.2) is 12.3 Å². The van der Waals surface area contributed by atoms with E-state index in [-0.39, 0.29) is 12.1 Å². The van der Waals surface area contributed by atoms with E-state index in [0.29, 0.717) is 17.6 Å². The van der Waals surface area contributed by atoms with E-state index in [9.17, 15) is 4.79 Å². The van der Waals surface area contributed by atoms with Crippen molar-refractivity contribution in [2.45, 2.75) is 32.7 Å². The van der Waals surface area contributed by atoms with E-state index in [1.807, 2.05) is 6.92 Å². The Morgan fingerprint density at radius 3 is 2.89 bits per heavy atom. The summed E-state index contributed by atoms with van der Waals surface area (Å²) in [4.78, 5) is 20.0. The molecule has 2 amide bonds. The van der Waals surface area contributed by atoms with E-state index in [0.717, 1.165) is 26.1 Å². The molecule has 1 aromatic heterocycles. The zero-order valence-corrected chi connectivity index (χ0v) is 11.3. The average molecular weight is 264 g/mol. The van der Waals surface area contributed by atoms with Crippen LogP contribution in [0.4, 0.5) is 10.6 Å². The van der Waals surface area contributed by atoms with Gasteiger partial charge in [0.1, 0.15) is 11.6 Å². The molecular weight excluding hydrogens is 244 g/mol. The van der Waals surface area contributed by atoms with Gasteiger partial charge in [-0.15, -0.1) is 0 Å². The first-order valence-corrected chi connectivity index (χ1v) is 6.60. The molecule has 0 saturated carbocycles. The lowest BCUT2D eigenvalue weighted by Gasteiger charge is -2.28. The van der Waals surface area contributed by atoms with Crippen molar-refractivity contribution in [2.75, 3.05) is 18.5 Å². The molecule has 104 valence electrons. The zero-order valence-electron chi connectivity index (χ0n) is 11.3. The van der Waals surface area contributed by atoms with Crippen molar-refractivity contribution in [3.05, 3.63) is 18.1 Å². The minimum Gasteiger partial charge on any atom is -0.381 e. The summed E-state index contributed by atoms with van der Waals surface area (Å²) in [6, 6.07) is 1.58. The summed E-state index contributed by atoms with van der Waals surface area (Å²) in [5.74, 6) is 1.63. The lowest BCUT2D eigenvalue weighted by Crippen LogP contribution is -2.42. The van der Waals surface area contributed by atoms with Crippen molar-refractivity contribution in [2.24, 2.45) is 5.92 Å². The Hall–Kier alpha value is -1.69. The fraction of sp³-hybridized carbons (Fsp3) is 0.615. The highest BCUT2D eigenvalue weighted by Gasteiger charge is 2.21. The fourth-order valence-corrected chi connectivity index (χ4v) is 2.22. The molecule has 2 heterocycles. The van der Waals surface area contributed by atoms with Crippen LogP contribution >= 0.6 is 0 Å². The van der Waals surface area contributed by atoms with E-state index in [1.54, 1.807) is 19.2 Å². The molecule has 1 aliphatic rings. The van der Waals surface area contributed by atoms with Crippen LogP contribution in [0.1, 0.15) is 25.6 Å². The van der Waals surface area contributed by atoms with E-state index in [4.69, 9.17) is 4.74 Å². The van der Waals surface area contributed by atoms with Crippen LogP contribution in [0.5, 0.6) is 0 Å². The Balaban J connectivity index is 1.83. The predicted octanol–water partition coefficient (Wildman–Crippen LogP) is 1.72. The molecule has 1 atom stereocenters. The highest BCUT2D eigenvalue weighted by molar-refractivity contribution is 5.88. The van der Waals surface area contributed by atoms with Crippen molar-refractivity contribution >= 4 is 11.8 Å². The third-order valence-corrected chi connectivity index (χ3v) is 3.35. The van der Waals surface area contributed by atoms with Crippen LogP contribution in [0.3, 0.4) is 0 Å². The number of ether oxygens (including phenoxy) is 1. The van der Waals surface area contributed by atoms with Gasteiger partial charge < -0.3 is 10.1 Å². The number of hydrogen-bond donors (Lipinski definition) is 2. The van der Waals surface area contributed by atoms with E-state index in [2.05, 4.69) is 20.6 Å². The van der Waals surface area contributed by atoms with Crippen molar-refractivity contribution in [1.29, 1.82) is 0 Å². The van der Waals surface area contributed by atoms with Gasteiger partial charge in [0.2, 0.25) is 0 Å². The molecule has 0 aromatic carbocycles. The third-order valence-electron chi connectivity index (χ3n) is 3.35. The Bertz CT molecular complexity index is 432. The molecule has 1 aliphatic heterocycles. The van der Waals surface area contributed by atoms with Gasteiger partial charge in [-0.3, -0.25) is 5.32 Å². The van der Waals surface area contributed by atoms with Crippen molar-refractivity contribution in [3.63, 3.8) is 0 Å². The van der Waals surface area contributed by atoms with Crippen LogP contribution in [-0.2, 0) is 4.74 Å². The Labute approximate surface area is 113 Å². The quantitative estimate of drug-likeness (QED) is 0.871. The number of amides is 2. The number of aromatic nitrogens is 2. The Kier molecular flexibility index (Phi) is 4.68. The number of hydrogen-bond acceptors (Lipinski definition) is 4. The minimum atomic E-state index is -0.225. The second kappa shape index (κ2) is 6.47. The first-order chi connectivity index (χ1) is 9.15. The Morgan fingerprint density at radius 2 is 2.21 bits per heavy atom. The van der Waals surface area contributed by atoms with Gasteiger partial charge in [0.05, 0.1) is 0 Å². The van der Waals surface area contributed by atoms with Crippen LogP contribution < -0.4 is 10.6 Å². The highest BCUT2D eigenvalue weighted by Crippen LogP contribution is 2.18. The first kappa shape index (κ1) is 13.7. The van der Waals surface area contributed by atoms with Gasteiger partial charge in [-0.2, -0.15) is 0 Å². The van der Waals surface area contributed by atoms with Gasteiger partial charge >= 0.3 is 6.03 Å². The minimum absolute atomic E-state index is 0.131. The summed E-state index contributed by atoms with van der Waals surface area (Å²) in [6.07, 6.45) is 3.61. The van der Waals surface area contributed by atoms with E-state index in [1.165, 1.54) is 0 Å². The summed E-state index contributed by atoms with van der Waals surface area (Å²) in [5.41, 5.74) is 0. The van der Waals surface area contributed by atoms with Gasteiger partial charge in [-0.1, -0.05) is 0 Å². The summed E-state index contributed by atoms with van der Waals surface area (Å²) in [6.45, 7) is 5.38. The SMILES string of the molecule is Cc1nccc(NC(=O)NC(C)C2CCOCC2)n1. The number of rotatable bonds is 3. The Morgan fingerprint density at radius 1 is 1.47 bits per heavy atom. The molecule has 0 bridgehead atoms. The molecule has 0 aliphatic carbocycles. The third kappa shape index (κ3) is 4.17. The molecular formula is C13H20N4O2. The number of urea groups is 1. The maximum Gasteiger partial charge on any atom is 0.320 e. The summed E-state index contributed by atoms with van der Waals surface area (Å²) in [7, 11) is 0. The molecule has 0 radical (unpaired) electrons. The number of nitrogens with zero attached hydrogens (tertiary/aromatic N) is 2. The largest absolute Gasteiger partial charge is 0.381 e. The molecule has 1 saturated heterocycles. The summed E-state index contributed by atoms with van der Waals surface area (Å²) < 4.78 is 5.32. The molecule has 6 heteroatoms. The number of carbonyl (C=O) groups is 1. The molecule has 1 aromatic rings. The fourth-order valence-electron chi connectivity index (χ4n) is 2.22. The number of carbonyl (C=O) groups excluding carboxylic acids is 1. The maximum absolute atomic E-state index is 11.9. The number of aryl methyl sites for hydroxylation is 1. The predicted molar refractivity (Wildman–Crippen MR) is 71.9 cm³/mol.